The lowest BCUT2D eigenvalue weighted by atomic mass is 10.2. The molecule has 0 saturated carbocycles. The number of nitrogens with zero attached hydrogens (tertiary/aromatic N) is 2. The first kappa shape index (κ1) is 25.1. The minimum atomic E-state index is -4.43. The van der Waals surface area contributed by atoms with Crippen molar-refractivity contribution in [2.24, 2.45) is 0 Å². The number of aromatic nitrogens is 3. The smallest absolute Gasteiger partial charge is 0.422 e. The first-order chi connectivity index (χ1) is 15.2. The Morgan fingerprint density at radius 3 is 2.36 bits per heavy atom. The number of ether oxygens (including phenoxy) is 1. The third kappa shape index (κ3) is 5.90. The molecular weight excluding hydrogens is 471 g/mol. The fraction of sp³-hybridized carbons (Fsp3) is 0.409. The van der Waals surface area contributed by atoms with Gasteiger partial charge in [0.2, 0.25) is 0 Å². The maximum absolute atomic E-state index is 13.1. The number of aromatic amines is 1. The van der Waals surface area contributed by atoms with Crippen molar-refractivity contribution in [3.63, 3.8) is 0 Å². The molecule has 0 radical (unpaired) electrons. The molecule has 1 N–H and O–H groups in total. The molecule has 0 unspecified atom stereocenters. The fourth-order valence-electron chi connectivity index (χ4n) is 2.79. The van der Waals surface area contributed by atoms with Crippen molar-refractivity contribution >= 4 is 31.6 Å². The average Bonchev–Trinajstić information content (AvgIpc) is 2.70. The monoisotopic (exact) mass is 497 g/mol. The lowest BCUT2D eigenvalue weighted by molar-refractivity contribution is -0.153. The minimum absolute atomic E-state index is 0.0318. The molecule has 11 heteroatoms. The van der Waals surface area contributed by atoms with Crippen molar-refractivity contribution in [3.8, 4) is 11.4 Å². The molecule has 0 atom stereocenters. The summed E-state index contributed by atoms with van der Waals surface area (Å²) in [5.41, 5.74) is 1.45. The van der Waals surface area contributed by atoms with E-state index in [9.17, 15) is 18.0 Å². The van der Waals surface area contributed by atoms with E-state index in [1.54, 1.807) is 12.3 Å². The van der Waals surface area contributed by atoms with Gasteiger partial charge in [0.25, 0.3) is 5.56 Å². The molecule has 0 aliphatic heterocycles. The highest BCUT2D eigenvalue weighted by Crippen LogP contribution is 2.37. The zero-order chi connectivity index (χ0) is 24.6. The van der Waals surface area contributed by atoms with Crippen LogP contribution < -0.4 is 10.3 Å². The standard InChI is InChI=1S/C22H26F3N3O3SSi/c1-21(2,3)33(4,5)31-12-14-10-17-18(26-11-14)19(29)28(20(32)27-17)15-6-8-16(9-7-15)30-13-22(23,24)25/h6-11H,12-13H2,1-5H3,(H,27,32). The summed E-state index contributed by atoms with van der Waals surface area (Å²) in [7, 11) is -1.95. The number of H-pyrrole nitrogens is 1. The van der Waals surface area contributed by atoms with Crippen LogP contribution in [0.3, 0.4) is 0 Å². The summed E-state index contributed by atoms with van der Waals surface area (Å²) in [4.78, 5) is 20.4. The zero-order valence-electron chi connectivity index (χ0n) is 19.0. The van der Waals surface area contributed by atoms with E-state index in [1.165, 1.54) is 28.8 Å². The van der Waals surface area contributed by atoms with Crippen LogP contribution >= 0.6 is 12.2 Å². The summed E-state index contributed by atoms with van der Waals surface area (Å²) < 4.78 is 49.3. The molecule has 0 saturated heterocycles. The normalized spacial score (nSPS) is 12.8. The van der Waals surface area contributed by atoms with Crippen molar-refractivity contribution in [2.75, 3.05) is 6.61 Å². The summed E-state index contributed by atoms with van der Waals surface area (Å²) >= 11 is 5.37. The lowest BCUT2D eigenvalue weighted by Gasteiger charge is -2.36. The molecule has 33 heavy (non-hydrogen) atoms. The molecule has 0 bridgehead atoms. The van der Waals surface area contributed by atoms with Crippen LogP contribution in [0.1, 0.15) is 26.3 Å². The molecule has 0 amide bonds. The van der Waals surface area contributed by atoms with Gasteiger partial charge in [-0.25, -0.2) is 4.98 Å². The number of rotatable bonds is 6. The van der Waals surface area contributed by atoms with Gasteiger partial charge in [0.1, 0.15) is 5.75 Å². The third-order valence-corrected chi connectivity index (χ3v) is 10.5. The highest BCUT2D eigenvalue weighted by atomic mass is 32.1. The third-order valence-electron chi connectivity index (χ3n) is 5.70. The first-order valence-corrected chi connectivity index (χ1v) is 13.6. The molecule has 3 rings (SSSR count). The Morgan fingerprint density at radius 1 is 1.15 bits per heavy atom. The van der Waals surface area contributed by atoms with Gasteiger partial charge in [-0.2, -0.15) is 13.2 Å². The van der Waals surface area contributed by atoms with Crippen molar-refractivity contribution in [1.29, 1.82) is 0 Å². The predicted molar refractivity (Wildman–Crippen MR) is 126 cm³/mol. The molecule has 2 heterocycles. The van der Waals surface area contributed by atoms with E-state index in [1.807, 2.05) is 0 Å². The van der Waals surface area contributed by atoms with Gasteiger partial charge in [0.05, 0.1) is 17.8 Å². The number of fused-ring (bicyclic) bond motifs is 1. The number of halogens is 3. The fourth-order valence-corrected chi connectivity index (χ4v) is 4.05. The van der Waals surface area contributed by atoms with Crippen molar-refractivity contribution in [1.82, 2.24) is 14.5 Å². The van der Waals surface area contributed by atoms with Crippen molar-refractivity contribution < 1.29 is 22.3 Å². The molecule has 3 aromatic rings. The summed E-state index contributed by atoms with van der Waals surface area (Å²) in [6.07, 6.45) is -2.83. The predicted octanol–water partition coefficient (Wildman–Crippen LogP) is 5.91. The number of hydrogen-bond acceptors (Lipinski definition) is 5. The molecule has 0 spiro atoms. The molecular formula is C22H26F3N3O3SSi. The van der Waals surface area contributed by atoms with E-state index in [0.29, 0.717) is 17.8 Å². The Labute approximate surface area is 195 Å². The second-order valence-corrected chi connectivity index (χ2v) is 14.5. The van der Waals surface area contributed by atoms with E-state index < -0.39 is 26.7 Å². The summed E-state index contributed by atoms with van der Waals surface area (Å²) in [5.74, 6) is 0.0318. The van der Waals surface area contributed by atoms with Crippen LogP contribution in [0.5, 0.6) is 5.75 Å². The quantitative estimate of drug-likeness (QED) is 0.339. The molecule has 178 valence electrons. The van der Waals surface area contributed by atoms with Crippen LogP contribution in [0.15, 0.2) is 41.3 Å². The maximum Gasteiger partial charge on any atom is 0.422 e. The summed E-state index contributed by atoms with van der Waals surface area (Å²) in [5, 5.41) is 0.0677. The van der Waals surface area contributed by atoms with Crippen molar-refractivity contribution in [2.45, 2.75) is 51.7 Å². The Balaban J connectivity index is 1.88. The van der Waals surface area contributed by atoms with E-state index >= 15 is 0 Å². The van der Waals surface area contributed by atoms with Crippen molar-refractivity contribution in [3.05, 3.63) is 57.2 Å². The van der Waals surface area contributed by atoms with Gasteiger partial charge in [-0.05, 0) is 66.2 Å². The maximum atomic E-state index is 13.1. The van der Waals surface area contributed by atoms with Gasteiger partial charge in [0, 0.05) is 6.20 Å². The Bertz CT molecular complexity index is 1260. The Kier molecular flexibility index (Phi) is 6.88. The van der Waals surface area contributed by atoms with E-state index in [2.05, 4.69) is 43.8 Å². The van der Waals surface area contributed by atoms with Crippen LogP contribution in [0.2, 0.25) is 18.1 Å². The molecule has 0 fully saturated rings. The minimum Gasteiger partial charge on any atom is -0.484 e. The Morgan fingerprint density at radius 2 is 1.79 bits per heavy atom. The van der Waals surface area contributed by atoms with Gasteiger partial charge in [-0.1, -0.05) is 20.8 Å². The summed E-state index contributed by atoms with van der Waals surface area (Å²) in [6.45, 7) is 9.78. The highest BCUT2D eigenvalue weighted by Gasteiger charge is 2.37. The van der Waals surface area contributed by atoms with E-state index in [0.717, 1.165) is 5.56 Å². The highest BCUT2D eigenvalue weighted by molar-refractivity contribution is 7.71. The van der Waals surface area contributed by atoms with Crippen LogP contribution in [0.25, 0.3) is 16.7 Å². The zero-order valence-corrected chi connectivity index (χ0v) is 20.9. The van der Waals surface area contributed by atoms with Crippen LogP contribution in [0, 0.1) is 4.77 Å². The van der Waals surface area contributed by atoms with E-state index in [4.69, 9.17) is 21.4 Å². The largest absolute Gasteiger partial charge is 0.484 e. The van der Waals surface area contributed by atoms with Crippen LogP contribution in [-0.2, 0) is 11.0 Å². The Hall–Kier alpha value is -2.50. The topological polar surface area (TPSA) is 69.1 Å². The first-order valence-electron chi connectivity index (χ1n) is 10.3. The van der Waals surface area contributed by atoms with Gasteiger partial charge in [0.15, 0.2) is 25.2 Å². The lowest BCUT2D eigenvalue weighted by Crippen LogP contribution is -2.40. The van der Waals surface area contributed by atoms with Gasteiger partial charge >= 0.3 is 6.18 Å². The number of benzene rings is 1. The molecule has 2 aromatic heterocycles. The molecule has 0 aliphatic rings. The van der Waals surface area contributed by atoms with Crippen LogP contribution in [0.4, 0.5) is 13.2 Å². The second kappa shape index (κ2) is 9.03. The average molecular weight is 498 g/mol. The number of nitrogens with one attached hydrogen (secondary N) is 1. The second-order valence-electron chi connectivity index (χ2n) is 9.26. The van der Waals surface area contributed by atoms with Crippen LogP contribution in [-0.4, -0.2) is 35.6 Å². The number of alkyl halides is 3. The molecule has 1 aromatic carbocycles. The molecule has 0 aliphatic carbocycles. The van der Waals surface area contributed by atoms with Gasteiger partial charge in [-0.3, -0.25) is 9.36 Å². The molecule has 6 nitrogen and oxygen atoms in total. The summed E-state index contributed by atoms with van der Waals surface area (Å²) in [6, 6.07) is 7.42. The van der Waals surface area contributed by atoms with Gasteiger partial charge < -0.3 is 14.1 Å². The van der Waals surface area contributed by atoms with E-state index in [-0.39, 0.29) is 21.1 Å². The number of hydrogen-bond donors (Lipinski definition) is 1. The SMILES string of the molecule is CC(C)(C)[Si](C)(C)OCc1cnc2c(=O)n(-c3ccc(OCC(F)(F)F)cc3)c(=S)[nH]c2c1. The van der Waals surface area contributed by atoms with Gasteiger partial charge in [-0.15, -0.1) is 0 Å². The number of pyridine rings is 1.